The number of carboxylic acid groups (broad SMARTS) is 1. The van der Waals surface area contributed by atoms with Crippen molar-refractivity contribution in [1.29, 1.82) is 0 Å². The Hall–Kier alpha value is -1.56. The number of alkyl halides is 1. The summed E-state index contributed by atoms with van der Waals surface area (Å²) in [6.07, 6.45) is 0.607. The van der Waals surface area contributed by atoms with E-state index in [1.165, 1.54) is 0 Å². The molecule has 1 N–H and O–H groups in total. The van der Waals surface area contributed by atoms with Crippen molar-refractivity contribution >= 4 is 23.5 Å². The van der Waals surface area contributed by atoms with Crippen molar-refractivity contribution < 1.29 is 14.7 Å². The number of rotatable bonds is 3. The number of carbonyl (C=O) groups is 2. The smallest absolute Gasteiger partial charge is 0.356 e. The number of carboxylic acids is 1. The molecule has 0 spiro atoms. The Morgan fingerprint density at radius 1 is 1.45 bits per heavy atom. The van der Waals surface area contributed by atoms with Crippen LogP contribution in [0.3, 0.4) is 0 Å². The zero-order valence-corrected chi connectivity index (χ0v) is 12.6. The van der Waals surface area contributed by atoms with Gasteiger partial charge in [-0.2, -0.15) is 5.10 Å². The molecule has 0 radical (unpaired) electrons. The van der Waals surface area contributed by atoms with Gasteiger partial charge in [0.2, 0.25) is 5.91 Å². The average molecular weight is 300 g/mol. The van der Waals surface area contributed by atoms with E-state index in [-0.39, 0.29) is 24.0 Å². The number of amides is 1. The van der Waals surface area contributed by atoms with Crippen molar-refractivity contribution in [2.75, 3.05) is 12.4 Å². The molecule has 1 aliphatic rings. The summed E-state index contributed by atoms with van der Waals surface area (Å²) in [7, 11) is 1.73. The second kappa shape index (κ2) is 5.09. The molecule has 7 heteroatoms. The fourth-order valence-corrected chi connectivity index (χ4v) is 2.54. The molecule has 0 atom stereocenters. The number of aromatic carboxylic acids is 1. The van der Waals surface area contributed by atoms with Crippen molar-refractivity contribution in [3.8, 4) is 0 Å². The van der Waals surface area contributed by atoms with Crippen LogP contribution in [0, 0.1) is 5.41 Å². The van der Waals surface area contributed by atoms with Gasteiger partial charge >= 0.3 is 5.97 Å². The molecule has 0 aliphatic carbocycles. The van der Waals surface area contributed by atoms with Gasteiger partial charge in [0.15, 0.2) is 5.69 Å². The summed E-state index contributed by atoms with van der Waals surface area (Å²) in [6.45, 7) is 4.42. The van der Waals surface area contributed by atoms with Crippen molar-refractivity contribution in [3.63, 3.8) is 0 Å². The lowest BCUT2D eigenvalue weighted by molar-refractivity contribution is -0.140. The molecule has 1 aliphatic heterocycles. The standard InChI is InChI=1S/C13H18ClN3O3/c1-13(2,7-14)12(20)17-5-4-9-8(6-17)10(11(18)19)15-16(9)3/h4-7H2,1-3H3,(H,18,19). The number of aromatic nitrogens is 2. The minimum atomic E-state index is -1.06. The van der Waals surface area contributed by atoms with Crippen LogP contribution < -0.4 is 0 Å². The van der Waals surface area contributed by atoms with Crippen LogP contribution in [0.25, 0.3) is 0 Å². The maximum atomic E-state index is 12.4. The third kappa shape index (κ3) is 2.40. The molecule has 0 aromatic carbocycles. The summed E-state index contributed by atoms with van der Waals surface area (Å²) in [5.74, 6) is -0.889. The third-order valence-corrected chi connectivity index (χ3v) is 4.31. The lowest BCUT2D eigenvalue weighted by Crippen LogP contribution is -2.44. The Kier molecular flexibility index (Phi) is 3.77. The maximum Gasteiger partial charge on any atom is 0.356 e. The molecule has 20 heavy (non-hydrogen) atoms. The van der Waals surface area contributed by atoms with E-state index in [2.05, 4.69) is 5.10 Å². The summed E-state index contributed by atoms with van der Waals surface area (Å²) in [5, 5.41) is 13.2. The van der Waals surface area contributed by atoms with Gasteiger partial charge in [0, 0.05) is 43.7 Å². The first-order valence-electron chi connectivity index (χ1n) is 6.41. The number of halogens is 1. The van der Waals surface area contributed by atoms with Crippen LogP contribution in [0.1, 0.15) is 35.6 Å². The summed E-state index contributed by atoms with van der Waals surface area (Å²) < 4.78 is 1.59. The van der Waals surface area contributed by atoms with Crippen LogP contribution in [0.15, 0.2) is 0 Å². The molecular formula is C13H18ClN3O3. The number of fused-ring (bicyclic) bond motifs is 1. The molecule has 0 unspecified atom stereocenters. The van der Waals surface area contributed by atoms with Gasteiger partial charge in [-0.15, -0.1) is 11.6 Å². The van der Waals surface area contributed by atoms with Crippen LogP contribution in [0.4, 0.5) is 0 Å². The fourth-order valence-electron chi connectivity index (χ4n) is 2.42. The molecule has 2 rings (SSSR count). The first-order chi connectivity index (χ1) is 9.27. The second-order valence-electron chi connectivity index (χ2n) is 5.70. The Bertz CT molecular complexity index is 565. The average Bonchev–Trinajstić information content (AvgIpc) is 2.75. The van der Waals surface area contributed by atoms with Gasteiger partial charge in [0.05, 0.1) is 5.41 Å². The summed E-state index contributed by atoms with van der Waals surface area (Å²) in [4.78, 5) is 25.3. The fraction of sp³-hybridized carbons (Fsp3) is 0.615. The van der Waals surface area contributed by atoms with E-state index in [1.807, 2.05) is 0 Å². The van der Waals surface area contributed by atoms with Crippen LogP contribution in [0.2, 0.25) is 0 Å². The van der Waals surface area contributed by atoms with E-state index >= 15 is 0 Å². The summed E-state index contributed by atoms with van der Waals surface area (Å²) in [6, 6.07) is 0. The molecule has 1 amide bonds. The van der Waals surface area contributed by atoms with Crippen LogP contribution in [-0.4, -0.2) is 44.1 Å². The van der Waals surface area contributed by atoms with Gasteiger partial charge in [0.1, 0.15) is 0 Å². The van der Waals surface area contributed by atoms with E-state index < -0.39 is 11.4 Å². The summed E-state index contributed by atoms with van der Waals surface area (Å²) in [5.41, 5.74) is 0.897. The Morgan fingerprint density at radius 2 is 2.10 bits per heavy atom. The minimum absolute atomic E-state index is 0.0312. The van der Waals surface area contributed by atoms with Gasteiger partial charge in [-0.25, -0.2) is 4.79 Å². The first-order valence-corrected chi connectivity index (χ1v) is 6.94. The first kappa shape index (κ1) is 14.8. The van der Waals surface area contributed by atoms with Crippen molar-refractivity contribution in [2.45, 2.75) is 26.8 Å². The molecule has 1 aromatic rings. The number of nitrogens with zero attached hydrogens (tertiary/aromatic N) is 3. The highest BCUT2D eigenvalue weighted by atomic mass is 35.5. The quantitative estimate of drug-likeness (QED) is 0.853. The molecular weight excluding hydrogens is 282 g/mol. The van der Waals surface area contributed by atoms with Gasteiger partial charge < -0.3 is 10.0 Å². The Labute approximate surface area is 122 Å². The van der Waals surface area contributed by atoms with Crippen molar-refractivity contribution in [1.82, 2.24) is 14.7 Å². The minimum Gasteiger partial charge on any atom is -0.476 e. The molecule has 110 valence electrons. The lowest BCUT2D eigenvalue weighted by Gasteiger charge is -2.33. The Balaban J connectivity index is 2.31. The van der Waals surface area contributed by atoms with E-state index in [0.29, 0.717) is 18.5 Å². The summed E-state index contributed by atoms with van der Waals surface area (Å²) >= 11 is 5.84. The molecule has 0 saturated carbocycles. The molecule has 2 heterocycles. The third-order valence-electron chi connectivity index (χ3n) is 3.65. The van der Waals surface area contributed by atoms with Gasteiger partial charge in [-0.1, -0.05) is 0 Å². The molecule has 0 fully saturated rings. The van der Waals surface area contributed by atoms with E-state index in [0.717, 1.165) is 5.69 Å². The zero-order valence-electron chi connectivity index (χ0n) is 11.8. The number of aryl methyl sites for hydroxylation is 1. The molecule has 0 bridgehead atoms. The largest absolute Gasteiger partial charge is 0.476 e. The van der Waals surface area contributed by atoms with E-state index in [9.17, 15) is 14.7 Å². The highest BCUT2D eigenvalue weighted by Crippen LogP contribution is 2.27. The normalized spacial score (nSPS) is 15.1. The number of hydrogen-bond donors (Lipinski definition) is 1. The second-order valence-corrected chi connectivity index (χ2v) is 5.96. The lowest BCUT2D eigenvalue weighted by atomic mass is 9.92. The van der Waals surface area contributed by atoms with Gasteiger partial charge in [-0.3, -0.25) is 9.48 Å². The number of carbonyl (C=O) groups excluding carboxylic acids is 1. The zero-order chi connectivity index (χ0) is 15.1. The van der Waals surface area contributed by atoms with Crippen molar-refractivity contribution in [3.05, 3.63) is 17.0 Å². The van der Waals surface area contributed by atoms with Crippen LogP contribution >= 0.6 is 11.6 Å². The molecule has 0 saturated heterocycles. The van der Waals surface area contributed by atoms with E-state index in [4.69, 9.17) is 11.6 Å². The number of hydrogen-bond acceptors (Lipinski definition) is 3. The highest BCUT2D eigenvalue weighted by Gasteiger charge is 2.35. The molecule has 1 aromatic heterocycles. The van der Waals surface area contributed by atoms with Crippen molar-refractivity contribution in [2.24, 2.45) is 12.5 Å². The van der Waals surface area contributed by atoms with Gasteiger partial charge in [0.25, 0.3) is 0 Å². The van der Waals surface area contributed by atoms with Crippen LogP contribution in [0.5, 0.6) is 0 Å². The monoisotopic (exact) mass is 299 g/mol. The Morgan fingerprint density at radius 3 is 2.65 bits per heavy atom. The van der Waals surface area contributed by atoms with Crippen LogP contribution in [-0.2, 0) is 24.8 Å². The predicted molar refractivity (Wildman–Crippen MR) is 73.8 cm³/mol. The maximum absolute atomic E-state index is 12.4. The highest BCUT2D eigenvalue weighted by molar-refractivity contribution is 6.19. The SMILES string of the molecule is Cn1nc(C(=O)O)c2c1CCN(C(=O)C(C)(C)CCl)C2. The topological polar surface area (TPSA) is 75.4 Å². The molecule has 6 nitrogen and oxygen atoms in total. The van der Waals surface area contributed by atoms with Gasteiger partial charge in [-0.05, 0) is 13.8 Å². The van der Waals surface area contributed by atoms with E-state index in [1.54, 1.807) is 30.5 Å². The predicted octanol–water partition coefficient (Wildman–Crippen LogP) is 1.27.